The number of sulfonamides is 1. The smallest absolute Gasteiger partial charge is 0.250 e. The van der Waals surface area contributed by atoms with Gasteiger partial charge in [0.1, 0.15) is 4.21 Å². The first kappa shape index (κ1) is 15.9. The molecule has 0 radical (unpaired) electrons. The van der Waals surface area contributed by atoms with Crippen molar-refractivity contribution in [1.29, 1.82) is 0 Å². The molecule has 20 heavy (non-hydrogen) atoms. The van der Waals surface area contributed by atoms with Gasteiger partial charge in [0, 0.05) is 10.4 Å². The third-order valence-corrected chi connectivity index (χ3v) is 7.00. The van der Waals surface area contributed by atoms with Gasteiger partial charge in [-0.05, 0) is 64.3 Å². The molecule has 1 heterocycles. The molecule has 6 heteroatoms. The lowest BCUT2D eigenvalue weighted by Crippen LogP contribution is -2.44. The number of nitrogens with one attached hydrogen (secondary N) is 2. The zero-order chi connectivity index (χ0) is 14.8. The Labute approximate surface area is 126 Å². The van der Waals surface area contributed by atoms with Crippen LogP contribution >= 0.6 is 11.3 Å². The zero-order valence-corrected chi connectivity index (χ0v) is 14.0. The maximum atomic E-state index is 12.4. The number of likely N-dealkylation sites (N-methyl/N-ethyl adjacent to an activating group) is 1. The minimum absolute atomic E-state index is 0.341. The number of hydrogen-bond acceptors (Lipinski definition) is 4. The van der Waals surface area contributed by atoms with E-state index >= 15 is 0 Å². The van der Waals surface area contributed by atoms with E-state index in [0.29, 0.717) is 10.1 Å². The van der Waals surface area contributed by atoms with Crippen LogP contribution in [0.2, 0.25) is 0 Å². The molecule has 0 aromatic carbocycles. The van der Waals surface area contributed by atoms with Crippen molar-refractivity contribution < 1.29 is 8.42 Å². The van der Waals surface area contributed by atoms with Gasteiger partial charge in [-0.25, -0.2) is 13.1 Å². The van der Waals surface area contributed by atoms with Crippen LogP contribution in [0.1, 0.15) is 38.5 Å². The van der Waals surface area contributed by atoms with Crippen molar-refractivity contribution in [3.8, 4) is 0 Å². The van der Waals surface area contributed by atoms with Crippen LogP contribution in [0.3, 0.4) is 0 Å². The van der Waals surface area contributed by atoms with Gasteiger partial charge in [0.25, 0.3) is 10.0 Å². The predicted molar refractivity (Wildman–Crippen MR) is 83.7 cm³/mol. The number of hydrogen-bond donors (Lipinski definition) is 2. The van der Waals surface area contributed by atoms with Crippen molar-refractivity contribution in [3.05, 3.63) is 17.0 Å². The quantitative estimate of drug-likeness (QED) is 0.724. The molecule has 0 aliphatic heterocycles. The van der Waals surface area contributed by atoms with Crippen molar-refractivity contribution >= 4 is 21.4 Å². The molecule has 0 atom stereocenters. The molecule has 2 N–H and O–H groups in total. The topological polar surface area (TPSA) is 58.2 Å². The zero-order valence-electron chi connectivity index (χ0n) is 12.4. The average Bonchev–Trinajstić information content (AvgIpc) is 3.09. The molecule has 1 aromatic rings. The third kappa shape index (κ3) is 4.04. The summed E-state index contributed by atoms with van der Waals surface area (Å²) in [5.41, 5.74) is -0.341. The van der Waals surface area contributed by atoms with Gasteiger partial charge in [-0.15, -0.1) is 11.3 Å². The van der Waals surface area contributed by atoms with E-state index in [2.05, 4.69) is 17.0 Å². The maximum absolute atomic E-state index is 12.4. The van der Waals surface area contributed by atoms with Crippen molar-refractivity contribution in [3.63, 3.8) is 0 Å². The van der Waals surface area contributed by atoms with Gasteiger partial charge < -0.3 is 5.32 Å². The maximum Gasteiger partial charge on any atom is 0.250 e. The third-order valence-electron chi connectivity index (χ3n) is 3.70. The normalized spacial score (nSPS) is 16.6. The van der Waals surface area contributed by atoms with E-state index in [0.717, 1.165) is 37.2 Å². The molecule has 0 spiro atoms. The summed E-state index contributed by atoms with van der Waals surface area (Å²) in [6.45, 7) is 7.84. The monoisotopic (exact) mass is 316 g/mol. The van der Waals surface area contributed by atoms with Crippen LogP contribution in [0.15, 0.2) is 16.3 Å². The van der Waals surface area contributed by atoms with Crippen molar-refractivity contribution in [2.75, 3.05) is 13.1 Å². The van der Waals surface area contributed by atoms with Crippen LogP contribution in [0.5, 0.6) is 0 Å². The van der Waals surface area contributed by atoms with E-state index in [1.54, 1.807) is 6.07 Å². The lowest BCUT2D eigenvalue weighted by molar-refractivity contribution is 0.401. The molecule has 0 amide bonds. The molecule has 4 nitrogen and oxygen atoms in total. The summed E-state index contributed by atoms with van der Waals surface area (Å²) in [6, 6.07) is 3.64. The second-order valence-corrected chi connectivity index (χ2v) is 9.00. The summed E-state index contributed by atoms with van der Waals surface area (Å²) < 4.78 is 28.1. The molecule has 1 aromatic heterocycles. The molecule has 1 aliphatic rings. The summed E-state index contributed by atoms with van der Waals surface area (Å²) in [4.78, 5) is 1.11. The van der Waals surface area contributed by atoms with Gasteiger partial charge in [0.2, 0.25) is 0 Å². The van der Waals surface area contributed by atoms with Gasteiger partial charge in [0.15, 0.2) is 0 Å². The highest BCUT2D eigenvalue weighted by Crippen LogP contribution is 2.40. The first-order valence-electron chi connectivity index (χ1n) is 7.18. The fourth-order valence-electron chi connectivity index (χ4n) is 2.31. The number of thiophene rings is 1. The molecule has 1 saturated carbocycles. The van der Waals surface area contributed by atoms with E-state index in [-0.39, 0.29) is 5.54 Å². The largest absolute Gasteiger partial charge is 0.317 e. The van der Waals surface area contributed by atoms with Gasteiger partial charge >= 0.3 is 0 Å². The predicted octanol–water partition coefficient (Wildman–Crippen LogP) is 2.37. The van der Waals surface area contributed by atoms with E-state index in [1.165, 1.54) is 11.3 Å². The highest BCUT2D eigenvalue weighted by Gasteiger charge is 2.40. The van der Waals surface area contributed by atoms with Gasteiger partial charge in [0.05, 0.1) is 0 Å². The molecule has 1 fully saturated rings. The second-order valence-electron chi connectivity index (χ2n) is 5.93. The van der Waals surface area contributed by atoms with Crippen molar-refractivity contribution in [2.45, 2.75) is 49.8 Å². The summed E-state index contributed by atoms with van der Waals surface area (Å²) in [7, 11) is -3.38. The van der Waals surface area contributed by atoms with E-state index in [4.69, 9.17) is 0 Å². The average molecular weight is 316 g/mol. The Bertz CT molecular complexity index is 545. The molecule has 1 aliphatic carbocycles. The Kier molecular flexibility index (Phi) is 4.89. The highest BCUT2D eigenvalue weighted by molar-refractivity contribution is 7.91. The van der Waals surface area contributed by atoms with Crippen molar-refractivity contribution in [1.82, 2.24) is 10.0 Å². The summed E-state index contributed by atoms with van der Waals surface area (Å²) in [5.74, 6) is 0.477. The number of rotatable bonds is 8. The Balaban J connectivity index is 2.02. The van der Waals surface area contributed by atoms with Crippen LogP contribution in [0, 0.1) is 5.92 Å². The minimum Gasteiger partial charge on any atom is -0.317 e. The fourth-order valence-corrected chi connectivity index (χ4v) is 5.14. The molecule has 0 unspecified atom stereocenters. The van der Waals surface area contributed by atoms with Gasteiger partial charge in [-0.1, -0.05) is 6.92 Å². The molecule has 2 rings (SSSR count). The summed E-state index contributed by atoms with van der Waals surface area (Å²) in [6.07, 6.45) is 3.11. The van der Waals surface area contributed by atoms with Crippen molar-refractivity contribution in [2.24, 2.45) is 5.92 Å². The lowest BCUT2D eigenvalue weighted by Gasteiger charge is -2.25. The Morgan fingerprint density at radius 3 is 2.65 bits per heavy atom. The SMILES string of the molecule is CCNCCc1ccc(S(=O)(=O)NC(C)(C)C2CC2)s1. The van der Waals surface area contributed by atoms with Crippen LogP contribution in [0.25, 0.3) is 0 Å². The first-order chi connectivity index (χ1) is 9.35. The molecule has 114 valence electrons. The van der Waals surface area contributed by atoms with Gasteiger partial charge in [-0.3, -0.25) is 0 Å². The second kappa shape index (κ2) is 6.13. The summed E-state index contributed by atoms with van der Waals surface area (Å²) >= 11 is 1.37. The Morgan fingerprint density at radius 1 is 1.35 bits per heavy atom. The van der Waals surface area contributed by atoms with E-state index in [1.807, 2.05) is 19.9 Å². The van der Waals surface area contributed by atoms with Crippen LogP contribution in [-0.2, 0) is 16.4 Å². The minimum atomic E-state index is -3.38. The van der Waals surface area contributed by atoms with Crippen LogP contribution in [-0.4, -0.2) is 27.0 Å². The van der Waals surface area contributed by atoms with Crippen LogP contribution in [0.4, 0.5) is 0 Å². The standard InChI is InChI=1S/C14H24N2O2S2/c1-4-15-10-9-12-7-8-13(19-12)20(17,18)16-14(2,3)11-5-6-11/h7-8,11,15-16H,4-6,9-10H2,1-3H3. The molecular weight excluding hydrogens is 292 g/mol. The van der Waals surface area contributed by atoms with Gasteiger partial charge in [-0.2, -0.15) is 0 Å². The molecule has 0 bridgehead atoms. The fraction of sp³-hybridized carbons (Fsp3) is 0.714. The Hall–Kier alpha value is -0.430. The molecule has 0 saturated heterocycles. The lowest BCUT2D eigenvalue weighted by atomic mass is 10.0. The van der Waals surface area contributed by atoms with E-state index < -0.39 is 10.0 Å². The van der Waals surface area contributed by atoms with E-state index in [9.17, 15) is 8.42 Å². The van der Waals surface area contributed by atoms with Crippen LogP contribution < -0.4 is 10.0 Å². The molecular formula is C14H24N2O2S2. The summed E-state index contributed by atoms with van der Waals surface area (Å²) in [5, 5.41) is 3.25. The Morgan fingerprint density at radius 2 is 2.05 bits per heavy atom. The highest BCUT2D eigenvalue weighted by atomic mass is 32.2. The first-order valence-corrected chi connectivity index (χ1v) is 9.48.